The molecule has 0 bridgehead atoms. The van der Waals surface area contributed by atoms with Gasteiger partial charge in [0.15, 0.2) is 11.3 Å². The van der Waals surface area contributed by atoms with Crippen molar-refractivity contribution in [2.75, 3.05) is 29.0 Å². The van der Waals surface area contributed by atoms with E-state index in [-0.39, 0.29) is 5.69 Å². The molecule has 3 heterocycles. The summed E-state index contributed by atoms with van der Waals surface area (Å²) >= 11 is 0. The Kier molecular flexibility index (Phi) is 6.81. The number of hydrogen-bond acceptors (Lipinski definition) is 7. The highest BCUT2D eigenvalue weighted by Gasteiger charge is 2.27. The summed E-state index contributed by atoms with van der Waals surface area (Å²) in [6.07, 6.45) is 9.54. The first-order valence-corrected chi connectivity index (χ1v) is 12.6. The highest BCUT2D eigenvalue weighted by Crippen LogP contribution is 2.30. The van der Waals surface area contributed by atoms with Crippen LogP contribution in [0.1, 0.15) is 62.9 Å². The van der Waals surface area contributed by atoms with Crippen molar-refractivity contribution in [1.82, 2.24) is 24.5 Å². The SMILES string of the molecule is CCN(CC)C1CCC(Nc2cc(NC3CC3)c3ncc(C(=O)Nc4ccnc(F)c4)n3n2)CC1. The fraction of sp³-hybridized carbons (Fsp3) is 0.520. The highest BCUT2D eigenvalue weighted by molar-refractivity contribution is 6.03. The van der Waals surface area contributed by atoms with Crippen LogP contribution >= 0.6 is 0 Å². The molecule has 9 nitrogen and oxygen atoms in total. The van der Waals surface area contributed by atoms with Gasteiger partial charge in [-0.15, -0.1) is 5.10 Å². The molecule has 2 fully saturated rings. The van der Waals surface area contributed by atoms with Crippen LogP contribution in [0.2, 0.25) is 0 Å². The average molecular weight is 481 g/mol. The number of amides is 1. The van der Waals surface area contributed by atoms with Gasteiger partial charge in [-0.05, 0) is 57.7 Å². The Morgan fingerprint density at radius 3 is 2.46 bits per heavy atom. The first-order chi connectivity index (χ1) is 17.0. The molecular weight excluding hydrogens is 447 g/mol. The van der Waals surface area contributed by atoms with Gasteiger partial charge >= 0.3 is 0 Å². The number of halogens is 1. The molecule has 186 valence electrons. The molecule has 5 rings (SSSR count). The number of imidazole rings is 1. The summed E-state index contributed by atoms with van der Waals surface area (Å²) in [5, 5.41) is 14.6. The van der Waals surface area contributed by atoms with Crippen molar-refractivity contribution in [3.63, 3.8) is 0 Å². The van der Waals surface area contributed by atoms with E-state index in [1.54, 1.807) is 10.6 Å². The van der Waals surface area contributed by atoms with Crippen LogP contribution in [0, 0.1) is 5.95 Å². The van der Waals surface area contributed by atoms with Gasteiger partial charge in [0, 0.05) is 42.1 Å². The van der Waals surface area contributed by atoms with Crippen molar-refractivity contribution in [3.8, 4) is 0 Å². The fourth-order valence-corrected chi connectivity index (χ4v) is 4.96. The Balaban J connectivity index is 1.37. The lowest BCUT2D eigenvalue weighted by Gasteiger charge is -2.36. The Bertz CT molecular complexity index is 1180. The lowest BCUT2D eigenvalue weighted by molar-refractivity contribution is 0.102. The quantitative estimate of drug-likeness (QED) is 0.396. The summed E-state index contributed by atoms with van der Waals surface area (Å²) in [6.45, 7) is 6.63. The third-order valence-electron chi connectivity index (χ3n) is 7.00. The maximum atomic E-state index is 13.5. The number of hydrogen-bond donors (Lipinski definition) is 3. The first-order valence-electron chi connectivity index (χ1n) is 12.6. The second kappa shape index (κ2) is 10.2. The maximum absolute atomic E-state index is 13.5. The van der Waals surface area contributed by atoms with E-state index in [1.807, 2.05) is 6.07 Å². The molecule has 3 aromatic heterocycles. The van der Waals surface area contributed by atoms with Crippen LogP contribution in [0.15, 0.2) is 30.6 Å². The number of carbonyl (C=O) groups excluding carboxylic acids is 1. The topological polar surface area (TPSA) is 99.5 Å². The molecule has 10 heteroatoms. The monoisotopic (exact) mass is 480 g/mol. The third-order valence-corrected chi connectivity index (χ3v) is 7.00. The lowest BCUT2D eigenvalue weighted by atomic mass is 9.90. The minimum Gasteiger partial charge on any atom is -0.379 e. The van der Waals surface area contributed by atoms with E-state index >= 15 is 0 Å². The van der Waals surface area contributed by atoms with Gasteiger partial charge in [0.2, 0.25) is 5.95 Å². The standard InChI is InChI=1S/C25H33FN8O/c1-3-33(4-2)19-9-7-17(8-10-19)30-23-14-20(29-16-5-6-16)24-28-15-21(34(24)32-23)25(35)31-18-11-12-27-22(26)13-18/h11-17,19,29H,3-10H2,1-2H3,(H,30,32)(H,27,31,35). The fourth-order valence-electron chi connectivity index (χ4n) is 4.96. The molecule has 0 aromatic carbocycles. The van der Waals surface area contributed by atoms with Gasteiger partial charge in [-0.25, -0.2) is 14.5 Å². The number of rotatable bonds is 9. The molecule has 0 radical (unpaired) electrons. The first kappa shape index (κ1) is 23.5. The summed E-state index contributed by atoms with van der Waals surface area (Å²) in [4.78, 5) is 23.6. The van der Waals surface area contributed by atoms with Crippen LogP contribution in [0.25, 0.3) is 5.65 Å². The molecular formula is C25H33FN8O. The number of fused-ring (bicyclic) bond motifs is 1. The lowest BCUT2D eigenvalue weighted by Crippen LogP contribution is -2.40. The normalized spacial score (nSPS) is 20.2. The molecule has 0 saturated heterocycles. The van der Waals surface area contributed by atoms with Gasteiger partial charge in [0.25, 0.3) is 5.91 Å². The van der Waals surface area contributed by atoms with Crippen molar-refractivity contribution in [1.29, 1.82) is 0 Å². The van der Waals surface area contributed by atoms with Crippen molar-refractivity contribution < 1.29 is 9.18 Å². The van der Waals surface area contributed by atoms with Crippen LogP contribution in [-0.4, -0.2) is 61.6 Å². The zero-order valence-electron chi connectivity index (χ0n) is 20.3. The molecule has 1 amide bonds. The summed E-state index contributed by atoms with van der Waals surface area (Å²) in [7, 11) is 0. The van der Waals surface area contributed by atoms with Crippen LogP contribution in [0.3, 0.4) is 0 Å². The van der Waals surface area contributed by atoms with E-state index in [0.29, 0.717) is 35.3 Å². The smallest absolute Gasteiger partial charge is 0.276 e. The molecule has 35 heavy (non-hydrogen) atoms. The molecule has 0 atom stereocenters. The minimum atomic E-state index is -0.655. The van der Waals surface area contributed by atoms with Crippen LogP contribution in [0.4, 0.5) is 21.6 Å². The van der Waals surface area contributed by atoms with Gasteiger partial charge in [0.05, 0.1) is 11.9 Å². The number of nitrogens with one attached hydrogen (secondary N) is 3. The van der Waals surface area contributed by atoms with E-state index in [1.165, 1.54) is 18.5 Å². The van der Waals surface area contributed by atoms with Crippen molar-refractivity contribution >= 4 is 28.7 Å². The minimum absolute atomic E-state index is 0.282. The van der Waals surface area contributed by atoms with Crippen molar-refractivity contribution in [2.45, 2.75) is 70.5 Å². The zero-order valence-corrected chi connectivity index (χ0v) is 20.3. The Hall–Kier alpha value is -3.27. The summed E-state index contributed by atoms with van der Waals surface area (Å²) < 4.78 is 15.0. The average Bonchev–Trinajstić information content (AvgIpc) is 3.56. The number of pyridine rings is 1. The van der Waals surface area contributed by atoms with Crippen molar-refractivity contribution in [2.24, 2.45) is 0 Å². The Labute approximate surface area is 204 Å². The number of aromatic nitrogens is 4. The summed E-state index contributed by atoms with van der Waals surface area (Å²) in [5.41, 5.74) is 2.06. The Morgan fingerprint density at radius 2 is 1.77 bits per heavy atom. The summed E-state index contributed by atoms with van der Waals surface area (Å²) in [5.74, 6) is -0.351. The van der Waals surface area contributed by atoms with Gasteiger partial charge in [-0.2, -0.15) is 4.39 Å². The molecule has 2 aliphatic rings. The Morgan fingerprint density at radius 1 is 1.06 bits per heavy atom. The van der Waals surface area contributed by atoms with Crippen molar-refractivity contribution in [3.05, 3.63) is 42.2 Å². The molecule has 2 saturated carbocycles. The molecule has 0 spiro atoms. The summed E-state index contributed by atoms with van der Waals surface area (Å²) in [6, 6.07) is 6.12. The van der Waals surface area contributed by atoms with E-state index in [0.717, 1.165) is 57.3 Å². The van der Waals surface area contributed by atoms with E-state index < -0.39 is 11.9 Å². The van der Waals surface area contributed by atoms with E-state index in [9.17, 15) is 9.18 Å². The number of anilines is 3. The van der Waals surface area contributed by atoms with Gasteiger partial charge in [0.1, 0.15) is 5.82 Å². The van der Waals surface area contributed by atoms with Crippen LogP contribution in [0.5, 0.6) is 0 Å². The van der Waals surface area contributed by atoms with E-state index in [2.05, 4.69) is 44.7 Å². The molecule has 2 aliphatic carbocycles. The van der Waals surface area contributed by atoms with Gasteiger partial charge in [-0.1, -0.05) is 13.8 Å². The molecule has 0 unspecified atom stereocenters. The molecule has 3 aromatic rings. The third kappa shape index (κ3) is 5.37. The second-order valence-electron chi connectivity index (χ2n) is 9.43. The second-order valence-corrected chi connectivity index (χ2v) is 9.43. The highest BCUT2D eigenvalue weighted by atomic mass is 19.1. The zero-order chi connectivity index (χ0) is 24.4. The number of carbonyl (C=O) groups is 1. The largest absolute Gasteiger partial charge is 0.379 e. The molecule has 3 N–H and O–H groups in total. The van der Waals surface area contributed by atoms with Gasteiger partial charge < -0.3 is 20.9 Å². The van der Waals surface area contributed by atoms with Gasteiger partial charge in [-0.3, -0.25) is 4.79 Å². The number of nitrogens with zero attached hydrogens (tertiary/aromatic N) is 5. The molecule has 0 aliphatic heterocycles. The predicted octanol–water partition coefficient (Wildman–Crippen LogP) is 4.15. The van der Waals surface area contributed by atoms with Crippen LogP contribution < -0.4 is 16.0 Å². The predicted molar refractivity (Wildman–Crippen MR) is 134 cm³/mol. The maximum Gasteiger partial charge on any atom is 0.276 e. The van der Waals surface area contributed by atoms with Crippen LogP contribution in [-0.2, 0) is 0 Å². The van der Waals surface area contributed by atoms with E-state index in [4.69, 9.17) is 5.10 Å².